The van der Waals surface area contributed by atoms with Gasteiger partial charge in [-0.25, -0.2) is 4.79 Å². The van der Waals surface area contributed by atoms with Crippen molar-refractivity contribution in [1.29, 1.82) is 0 Å². The first-order chi connectivity index (χ1) is 42.4. The van der Waals surface area contributed by atoms with E-state index in [2.05, 4.69) is 57.5 Å². The Morgan fingerprint density at radius 1 is 0.404 bits per heavy atom. The fourth-order valence-electron chi connectivity index (χ4n) is 8.48. The number of nitrogens with zero attached hydrogens (tertiary/aromatic N) is 3. The largest absolute Gasteiger partial charge is 0.496 e. The summed E-state index contributed by atoms with van der Waals surface area (Å²) in [4.78, 5) is 133. The predicted molar refractivity (Wildman–Crippen MR) is 333 cm³/mol. The van der Waals surface area contributed by atoms with Crippen LogP contribution >= 0.6 is 0 Å². The summed E-state index contributed by atoms with van der Waals surface area (Å²) < 4.78 is 21.6. The number of ether oxygens (including phenoxy) is 4. The Labute approximate surface area is 511 Å². The van der Waals surface area contributed by atoms with Gasteiger partial charge in [0.2, 0.25) is 23.6 Å². The van der Waals surface area contributed by atoms with E-state index in [0.29, 0.717) is 6.42 Å². The van der Waals surface area contributed by atoms with Gasteiger partial charge in [0.25, 0.3) is 23.6 Å². The van der Waals surface area contributed by atoms with Gasteiger partial charge < -0.3 is 113 Å². The average Bonchev–Trinajstić information content (AvgIpc) is 2.33. The van der Waals surface area contributed by atoms with Crippen molar-refractivity contribution in [2.24, 2.45) is 66.6 Å². The highest BCUT2D eigenvalue weighted by atomic mass is 16.5. The topological polar surface area (TPSA) is 558 Å². The molecule has 4 rings (SSSR count). The Balaban J connectivity index is 1.60. The molecule has 26 N–H and O–H groups in total. The SMILES string of the molecule is COc1ccc(NC(=O)[C@@H](CCCN=C(N)N)NC(=O)c2cc(NC(=O)[C@@H](CCCN=C(N)N)NC(=O)c3cc(NC(=O)[C@H](CCCNC(N)=O)NC(=O)c4cc(NC(=O)[C@H](N)CCCN=C(N)N)ccc4OC)ccc3OC)ccc2OC)cc1C(N)=O. The molecular formula is C56H78N20O13. The molecule has 4 aromatic rings. The molecule has 0 aromatic heterocycles. The molecule has 10 amide bonds. The zero-order valence-corrected chi connectivity index (χ0v) is 49.6. The second-order valence-corrected chi connectivity index (χ2v) is 19.4. The van der Waals surface area contributed by atoms with E-state index in [0.717, 1.165) is 0 Å². The number of rotatable bonds is 35. The number of benzene rings is 4. The maximum atomic E-state index is 14.4. The molecule has 0 spiro atoms. The number of carbonyl (C=O) groups excluding carboxylic acids is 9. The third-order valence-electron chi connectivity index (χ3n) is 12.9. The number of primary amides is 2. The molecule has 0 aliphatic heterocycles. The average molecular weight is 1240 g/mol. The van der Waals surface area contributed by atoms with E-state index in [9.17, 15) is 43.2 Å². The summed E-state index contributed by atoms with van der Waals surface area (Å²) in [6.45, 7) is 0.429. The van der Waals surface area contributed by atoms with Crippen molar-refractivity contribution in [2.75, 3.05) is 75.9 Å². The molecular weight excluding hydrogens is 1160 g/mol. The van der Waals surface area contributed by atoms with Crippen LogP contribution in [0.15, 0.2) is 87.8 Å². The van der Waals surface area contributed by atoms with Crippen molar-refractivity contribution >= 4 is 93.9 Å². The number of aliphatic imine (C=N–C) groups is 3. The highest BCUT2D eigenvalue weighted by Crippen LogP contribution is 2.28. The number of nitrogens with two attached hydrogens (primary N) is 9. The van der Waals surface area contributed by atoms with Gasteiger partial charge in [-0.2, -0.15) is 0 Å². The molecule has 33 nitrogen and oxygen atoms in total. The number of methoxy groups -OCH3 is 4. The number of guanidine groups is 3. The maximum absolute atomic E-state index is 14.4. The molecule has 0 aliphatic carbocycles. The Morgan fingerprint density at radius 2 is 0.697 bits per heavy atom. The van der Waals surface area contributed by atoms with Crippen LogP contribution in [-0.2, 0) is 19.2 Å². The number of anilines is 4. The van der Waals surface area contributed by atoms with Gasteiger partial charge in [-0.15, -0.1) is 0 Å². The van der Waals surface area contributed by atoms with Gasteiger partial charge in [0, 0.05) is 48.9 Å². The van der Waals surface area contributed by atoms with Crippen LogP contribution < -0.4 is 113 Å². The van der Waals surface area contributed by atoms with Crippen LogP contribution in [0.1, 0.15) is 92.8 Å². The molecule has 0 fully saturated rings. The number of nitrogens with one attached hydrogen (secondary N) is 8. The Bertz CT molecular complexity index is 3270. The van der Waals surface area contributed by atoms with Gasteiger partial charge in [-0.05, 0) is 124 Å². The highest BCUT2D eigenvalue weighted by Gasteiger charge is 2.29. The molecule has 0 saturated heterocycles. The number of hydrogen-bond donors (Lipinski definition) is 17. The molecule has 0 saturated carbocycles. The summed E-state index contributed by atoms with van der Waals surface area (Å²) in [5.41, 5.74) is 49.8. The first kappa shape index (κ1) is 70.4. The van der Waals surface area contributed by atoms with Crippen LogP contribution in [0.5, 0.6) is 23.0 Å². The smallest absolute Gasteiger partial charge is 0.312 e. The van der Waals surface area contributed by atoms with Gasteiger partial charge in [0.05, 0.1) is 56.7 Å². The molecule has 0 heterocycles. The zero-order valence-electron chi connectivity index (χ0n) is 49.6. The Morgan fingerprint density at radius 3 is 1.00 bits per heavy atom. The predicted octanol–water partition coefficient (Wildman–Crippen LogP) is -1.09. The first-order valence-corrected chi connectivity index (χ1v) is 27.5. The van der Waals surface area contributed by atoms with E-state index in [4.69, 9.17) is 70.6 Å². The molecule has 0 unspecified atom stereocenters. The molecule has 0 bridgehead atoms. The van der Waals surface area contributed by atoms with Crippen LogP contribution in [0.4, 0.5) is 27.5 Å². The minimum Gasteiger partial charge on any atom is -0.496 e. The van der Waals surface area contributed by atoms with Gasteiger partial charge in [0.1, 0.15) is 41.1 Å². The van der Waals surface area contributed by atoms with E-state index >= 15 is 0 Å². The Kier molecular flexibility index (Phi) is 28.0. The van der Waals surface area contributed by atoms with Crippen LogP contribution in [0, 0.1) is 0 Å². The second kappa shape index (κ2) is 35.4. The van der Waals surface area contributed by atoms with Crippen LogP contribution in [-0.4, -0.2) is 150 Å². The summed E-state index contributed by atoms with van der Waals surface area (Å²) >= 11 is 0. The number of hydrogen-bond acceptors (Lipinski definition) is 17. The van der Waals surface area contributed by atoms with Crippen molar-refractivity contribution in [3.05, 3.63) is 95.1 Å². The van der Waals surface area contributed by atoms with E-state index in [1.807, 2.05) is 0 Å². The molecule has 4 aromatic carbocycles. The normalized spacial score (nSPS) is 11.9. The number of urea groups is 1. The molecule has 0 aliphatic rings. The van der Waals surface area contributed by atoms with E-state index in [1.54, 1.807) is 0 Å². The quantitative estimate of drug-likeness (QED) is 0.0148. The van der Waals surface area contributed by atoms with Gasteiger partial charge in [-0.1, -0.05) is 0 Å². The summed E-state index contributed by atoms with van der Waals surface area (Å²) in [5, 5.41) is 21.2. The van der Waals surface area contributed by atoms with E-state index in [1.165, 1.54) is 101 Å². The molecule has 89 heavy (non-hydrogen) atoms. The van der Waals surface area contributed by atoms with Crippen molar-refractivity contribution in [2.45, 2.75) is 75.5 Å². The zero-order chi connectivity index (χ0) is 65.7. The third kappa shape index (κ3) is 23.0. The summed E-state index contributed by atoms with van der Waals surface area (Å²) in [7, 11) is 5.25. The summed E-state index contributed by atoms with van der Waals surface area (Å²) in [6.07, 6.45) is 1.08. The van der Waals surface area contributed by atoms with Crippen molar-refractivity contribution in [3.8, 4) is 23.0 Å². The van der Waals surface area contributed by atoms with E-state index in [-0.39, 0.29) is 157 Å². The summed E-state index contributed by atoms with van der Waals surface area (Å²) in [5.74, 6) is -6.30. The summed E-state index contributed by atoms with van der Waals surface area (Å²) in [6, 6.07) is 11.0. The third-order valence-corrected chi connectivity index (χ3v) is 12.9. The standard InChI is InChI=1S/C56H78N20O13/c1-86-41-17-13-29(25-33(41)45(58)77)71-50(82)38(10-6-22-67-54(61)62)74-47(79)35-27-31(15-19-43(35)88-3)72-51(83)39(11-7-23-68-55(63)64)75-48(80)36-28-32(16-20-44(36)89-4)73-52(84)40(12-8-24-69-56(65)85)76-46(78)34-26-30(14-18-42(34)87-2)70-49(81)37(57)9-5-21-66-53(59)60/h13-20,25-28,37-40H,5-12,21-24,57H2,1-4H3,(H2,58,77)(H,70,81)(H,71,82)(H,72,83)(H,73,84)(H,74,79)(H,75,80)(H,76,78)(H4,59,60,66)(H4,61,62,67)(H4,63,64,68)(H3,65,69,85)/t37-,38-,39-,40+/m1/s1. The minimum atomic E-state index is -1.33. The lowest BCUT2D eigenvalue weighted by Crippen LogP contribution is -2.45. The first-order valence-electron chi connectivity index (χ1n) is 27.5. The van der Waals surface area contributed by atoms with Crippen LogP contribution in [0.25, 0.3) is 0 Å². The van der Waals surface area contributed by atoms with Crippen LogP contribution in [0.3, 0.4) is 0 Å². The second-order valence-electron chi connectivity index (χ2n) is 19.4. The molecule has 4 atom stereocenters. The fraction of sp³-hybridized carbons (Fsp3) is 0.357. The number of amides is 10. The van der Waals surface area contributed by atoms with Gasteiger partial charge in [0.15, 0.2) is 17.9 Å². The molecule has 0 radical (unpaired) electrons. The van der Waals surface area contributed by atoms with E-state index < -0.39 is 77.5 Å². The van der Waals surface area contributed by atoms with Gasteiger partial charge in [-0.3, -0.25) is 53.3 Å². The van der Waals surface area contributed by atoms with Crippen LogP contribution in [0.2, 0.25) is 0 Å². The van der Waals surface area contributed by atoms with Crippen molar-refractivity contribution in [1.82, 2.24) is 21.3 Å². The monoisotopic (exact) mass is 1240 g/mol. The van der Waals surface area contributed by atoms with Gasteiger partial charge >= 0.3 is 6.03 Å². The van der Waals surface area contributed by atoms with Crippen molar-refractivity contribution in [3.63, 3.8) is 0 Å². The molecule has 33 heteroatoms. The fourth-order valence-corrected chi connectivity index (χ4v) is 8.48. The lowest BCUT2D eigenvalue weighted by atomic mass is 10.1. The highest BCUT2D eigenvalue weighted by molar-refractivity contribution is 6.08. The lowest BCUT2D eigenvalue weighted by Gasteiger charge is -2.22. The maximum Gasteiger partial charge on any atom is 0.312 e. The lowest BCUT2D eigenvalue weighted by molar-refractivity contribution is -0.118. The minimum absolute atomic E-state index is 0.0146. The Hall–Kier alpha value is -11.1. The molecule has 480 valence electrons. The number of carbonyl (C=O) groups is 9. The van der Waals surface area contributed by atoms with Crippen molar-refractivity contribution < 1.29 is 62.1 Å².